The molecule has 3 heterocycles. The second kappa shape index (κ2) is 8.77. The largest absolute Gasteiger partial charge is 0.359 e. The predicted octanol–water partition coefficient (Wildman–Crippen LogP) is 2.52. The highest BCUT2D eigenvalue weighted by Crippen LogP contribution is 2.15. The van der Waals surface area contributed by atoms with E-state index in [1.54, 1.807) is 24.3 Å². The highest BCUT2D eigenvalue weighted by molar-refractivity contribution is 7.16. The van der Waals surface area contributed by atoms with Crippen LogP contribution in [-0.2, 0) is 16.2 Å². The molecular weight excluding hydrogens is 474 g/mol. The second-order valence-corrected chi connectivity index (χ2v) is 9.10. The molecule has 8 nitrogen and oxygen atoms in total. The number of thiophene rings is 1. The van der Waals surface area contributed by atoms with Crippen LogP contribution in [0.5, 0.6) is 0 Å². The highest BCUT2D eigenvalue weighted by atomic mass is 35.5. The lowest BCUT2D eigenvalue weighted by Crippen LogP contribution is -2.31. The van der Waals surface area contributed by atoms with E-state index in [4.69, 9.17) is 16.4 Å². The quantitative estimate of drug-likeness (QED) is 0.457. The van der Waals surface area contributed by atoms with E-state index in [1.807, 2.05) is 31.2 Å². The van der Waals surface area contributed by atoms with Crippen molar-refractivity contribution in [1.82, 2.24) is 15.0 Å². The summed E-state index contributed by atoms with van der Waals surface area (Å²) in [5.74, 6) is 0.521. The van der Waals surface area contributed by atoms with Gasteiger partial charge in [-0.15, -0.1) is 11.3 Å². The normalized spacial score (nSPS) is 14.5. The van der Waals surface area contributed by atoms with Gasteiger partial charge in [-0.3, -0.25) is 14.2 Å². The summed E-state index contributed by atoms with van der Waals surface area (Å²) in [4.78, 5) is 40.6. The number of nitrogens with one attached hydrogen (secondary N) is 2. The van der Waals surface area contributed by atoms with Crippen LogP contribution in [0.2, 0.25) is 5.02 Å². The number of hydroxylamine groups is 1. The topological polar surface area (TPSA) is 97.6 Å². The first-order valence-electron chi connectivity index (χ1n) is 10.2. The number of halogens is 1. The Balaban J connectivity index is 1.48. The molecule has 170 valence electrons. The molecule has 10 heteroatoms. The van der Waals surface area contributed by atoms with E-state index in [0.717, 1.165) is 11.1 Å². The molecule has 1 amide bonds. The fraction of sp³-hybridized carbons (Fsp3) is 0.0833. The lowest BCUT2D eigenvalue weighted by Gasteiger charge is -2.07. The summed E-state index contributed by atoms with van der Waals surface area (Å²) < 4.78 is 1.84. The number of benzene rings is 2. The minimum Gasteiger partial charge on any atom is -0.359 e. The standard InChI is InChI=1S/C24H18ClN5O3S/c1-13-4-3-5-15(10-13)21-28-22(33-29-21)20-14(2)19-23(34-20)26-12-30(24(19)32)11-18(31)27-17-8-6-16(25)7-9-17/h3-10,12H,2,11H2,1H3,(H,27,31)(H,28,29). The van der Waals surface area contributed by atoms with Crippen LogP contribution in [0.1, 0.15) is 11.1 Å². The van der Waals surface area contributed by atoms with Gasteiger partial charge in [-0.25, -0.2) is 10.5 Å². The summed E-state index contributed by atoms with van der Waals surface area (Å²) in [5.41, 5.74) is 5.02. The number of hydrogen-bond acceptors (Lipinski definition) is 7. The van der Waals surface area contributed by atoms with Crippen molar-refractivity contribution < 1.29 is 9.63 Å². The van der Waals surface area contributed by atoms with Crippen LogP contribution in [0, 0.1) is 6.92 Å². The number of amides is 1. The van der Waals surface area contributed by atoms with Crippen molar-refractivity contribution in [2.75, 3.05) is 5.32 Å². The lowest BCUT2D eigenvalue weighted by molar-refractivity contribution is -0.116. The molecule has 1 aliphatic rings. The summed E-state index contributed by atoms with van der Waals surface area (Å²) in [5, 5.41) is 4.08. The predicted molar refractivity (Wildman–Crippen MR) is 134 cm³/mol. The van der Waals surface area contributed by atoms with Gasteiger partial charge < -0.3 is 10.2 Å². The monoisotopic (exact) mass is 491 g/mol. The van der Waals surface area contributed by atoms with E-state index in [0.29, 0.717) is 42.4 Å². The van der Waals surface area contributed by atoms with Gasteiger partial charge in [0.25, 0.3) is 11.4 Å². The molecule has 2 aromatic carbocycles. The third-order valence-electron chi connectivity index (χ3n) is 5.16. The molecule has 0 aliphatic carbocycles. The molecular formula is C24H18ClN5O3S. The van der Waals surface area contributed by atoms with Gasteiger partial charge in [0.2, 0.25) is 5.91 Å². The van der Waals surface area contributed by atoms with E-state index in [2.05, 4.69) is 27.4 Å². The number of fused-ring (bicyclic) bond motifs is 1. The first-order valence-corrected chi connectivity index (χ1v) is 11.4. The number of carbonyl (C=O) groups excluding carboxylic acids is 1. The molecule has 34 heavy (non-hydrogen) atoms. The highest BCUT2D eigenvalue weighted by Gasteiger charge is 2.19. The van der Waals surface area contributed by atoms with E-state index >= 15 is 0 Å². The van der Waals surface area contributed by atoms with Crippen molar-refractivity contribution in [2.45, 2.75) is 13.5 Å². The molecule has 4 aromatic rings. The molecule has 0 saturated carbocycles. The Morgan fingerprint density at radius 1 is 1.26 bits per heavy atom. The zero-order chi connectivity index (χ0) is 23.8. The van der Waals surface area contributed by atoms with Gasteiger partial charge in [0.1, 0.15) is 15.9 Å². The number of aromatic nitrogens is 2. The molecule has 0 unspecified atom stereocenters. The molecule has 0 radical (unpaired) electrons. The van der Waals surface area contributed by atoms with Crippen LogP contribution in [0.25, 0.3) is 22.7 Å². The zero-order valence-electron chi connectivity index (χ0n) is 18.0. The van der Waals surface area contributed by atoms with Crippen molar-refractivity contribution in [2.24, 2.45) is 4.99 Å². The van der Waals surface area contributed by atoms with Crippen LogP contribution in [0.3, 0.4) is 0 Å². The Bertz CT molecular complexity index is 1640. The van der Waals surface area contributed by atoms with Gasteiger partial charge in [0, 0.05) is 21.5 Å². The fourth-order valence-corrected chi connectivity index (χ4v) is 4.64. The summed E-state index contributed by atoms with van der Waals surface area (Å²) >= 11 is 7.13. The Hall–Kier alpha value is -3.95. The third kappa shape index (κ3) is 4.18. The zero-order valence-corrected chi connectivity index (χ0v) is 19.5. The summed E-state index contributed by atoms with van der Waals surface area (Å²) in [7, 11) is 0. The second-order valence-electron chi connectivity index (χ2n) is 7.66. The number of amidine groups is 1. The number of aliphatic imine (C=N–C) groups is 1. The van der Waals surface area contributed by atoms with E-state index < -0.39 is 0 Å². The Morgan fingerprint density at radius 2 is 2.06 bits per heavy atom. The maximum atomic E-state index is 13.1. The van der Waals surface area contributed by atoms with Crippen molar-refractivity contribution in [1.29, 1.82) is 0 Å². The summed E-state index contributed by atoms with van der Waals surface area (Å²) in [6.07, 6.45) is 1.35. The first-order chi connectivity index (χ1) is 16.4. The fourth-order valence-electron chi connectivity index (χ4n) is 3.51. The number of nitrogens with zero attached hydrogens (tertiary/aromatic N) is 3. The van der Waals surface area contributed by atoms with Gasteiger partial charge >= 0.3 is 0 Å². The first kappa shape index (κ1) is 21.9. The van der Waals surface area contributed by atoms with Crippen LogP contribution >= 0.6 is 22.9 Å². The van der Waals surface area contributed by atoms with E-state index in [9.17, 15) is 9.59 Å². The number of rotatable bonds is 4. The van der Waals surface area contributed by atoms with Crippen molar-refractivity contribution in [3.8, 4) is 0 Å². The van der Waals surface area contributed by atoms with Crippen LogP contribution in [-0.4, -0.2) is 21.3 Å². The molecule has 0 saturated heterocycles. The number of aryl methyl sites for hydroxylation is 1. The number of carbonyl (C=O) groups is 1. The van der Waals surface area contributed by atoms with Gasteiger partial charge in [0.15, 0.2) is 5.84 Å². The molecule has 2 aromatic heterocycles. The molecule has 5 rings (SSSR count). The van der Waals surface area contributed by atoms with Crippen molar-refractivity contribution in [3.63, 3.8) is 0 Å². The average molecular weight is 492 g/mol. The van der Waals surface area contributed by atoms with Crippen molar-refractivity contribution >= 4 is 63.0 Å². The lowest BCUT2D eigenvalue weighted by atomic mass is 10.1. The molecule has 0 fully saturated rings. The van der Waals surface area contributed by atoms with Gasteiger partial charge in [-0.1, -0.05) is 41.9 Å². The van der Waals surface area contributed by atoms with Gasteiger partial charge in [-0.2, -0.15) is 4.99 Å². The van der Waals surface area contributed by atoms with E-state index in [1.165, 1.54) is 22.2 Å². The Labute approximate surface area is 202 Å². The molecule has 0 bridgehead atoms. The van der Waals surface area contributed by atoms with Crippen LogP contribution < -0.4 is 26.1 Å². The maximum absolute atomic E-state index is 13.1. The minimum absolute atomic E-state index is 0.195. The third-order valence-corrected chi connectivity index (χ3v) is 6.54. The Kier molecular flexibility index (Phi) is 5.64. The molecule has 1 aliphatic heterocycles. The summed E-state index contributed by atoms with van der Waals surface area (Å²) in [6, 6.07) is 14.6. The molecule has 2 N–H and O–H groups in total. The average Bonchev–Trinajstić information content (AvgIpc) is 3.42. The SMILES string of the molecule is C=c1c(=C2N=C(c3cccc(C)c3)NO2)sc2ncn(CC(=O)Nc3ccc(Cl)cc3)c(=O)c12. The van der Waals surface area contributed by atoms with Gasteiger partial charge in [0.05, 0.1) is 11.7 Å². The maximum Gasteiger partial charge on any atom is 0.265 e. The smallest absolute Gasteiger partial charge is 0.265 e. The minimum atomic E-state index is -0.364. The number of hydrogen-bond donors (Lipinski definition) is 2. The van der Waals surface area contributed by atoms with Crippen molar-refractivity contribution in [3.05, 3.63) is 91.1 Å². The number of anilines is 1. The molecule has 0 spiro atoms. The van der Waals surface area contributed by atoms with Gasteiger partial charge in [-0.05, 0) is 37.3 Å². The van der Waals surface area contributed by atoms with Crippen LogP contribution in [0.4, 0.5) is 5.69 Å². The van der Waals surface area contributed by atoms with E-state index in [-0.39, 0.29) is 18.0 Å². The Morgan fingerprint density at radius 3 is 2.82 bits per heavy atom. The molecule has 0 atom stereocenters. The van der Waals surface area contributed by atoms with Crippen LogP contribution in [0.15, 0.2) is 64.6 Å². The summed E-state index contributed by atoms with van der Waals surface area (Å²) in [6.45, 7) is 5.87.